The Hall–Kier alpha value is -2.35. The van der Waals surface area contributed by atoms with Crippen LogP contribution < -0.4 is 5.32 Å². The molecule has 2 rings (SSSR count). The van der Waals surface area contributed by atoms with Crippen molar-refractivity contribution >= 4 is 15.7 Å². The van der Waals surface area contributed by atoms with Crippen LogP contribution in [0.25, 0.3) is 0 Å². The summed E-state index contributed by atoms with van der Waals surface area (Å²) in [5, 5.41) is 2.59. The van der Waals surface area contributed by atoms with Crippen molar-refractivity contribution in [3.8, 4) is 0 Å². The molecule has 4 nitrogen and oxygen atoms in total. The van der Waals surface area contributed by atoms with Crippen molar-refractivity contribution in [2.24, 2.45) is 0 Å². The van der Waals surface area contributed by atoms with E-state index in [0.717, 1.165) is 18.4 Å². The Morgan fingerprint density at radius 3 is 2.20 bits per heavy atom. The molecule has 0 heterocycles. The van der Waals surface area contributed by atoms with Crippen LogP contribution in [0.5, 0.6) is 0 Å². The third-order valence-corrected chi connectivity index (χ3v) is 4.74. The molecule has 8 heteroatoms. The molecule has 0 bridgehead atoms. The second-order valence-electron chi connectivity index (χ2n) is 5.61. The van der Waals surface area contributed by atoms with Gasteiger partial charge in [0.25, 0.3) is 5.91 Å². The van der Waals surface area contributed by atoms with Gasteiger partial charge in [-0.2, -0.15) is 13.2 Å². The van der Waals surface area contributed by atoms with E-state index in [1.165, 1.54) is 24.3 Å². The average Bonchev–Trinajstić information content (AvgIpc) is 2.53. The minimum absolute atomic E-state index is 0.102. The molecular formula is C17H16F3NO3S. The molecule has 1 N–H and O–H groups in total. The summed E-state index contributed by atoms with van der Waals surface area (Å²) in [7, 11) is -3.32. The molecule has 0 spiro atoms. The fourth-order valence-electron chi connectivity index (χ4n) is 2.20. The number of carbonyl (C=O) groups excluding carboxylic acids is 1. The van der Waals surface area contributed by atoms with E-state index in [0.29, 0.717) is 5.56 Å². The van der Waals surface area contributed by atoms with Crippen LogP contribution in [0.3, 0.4) is 0 Å². The van der Waals surface area contributed by atoms with Crippen molar-refractivity contribution in [3.05, 3.63) is 65.2 Å². The van der Waals surface area contributed by atoms with E-state index >= 15 is 0 Å². The SMILES string of the molecule is CC(NC(=O)c1cccc(C(F)(F)F)c1)c1ccc(S(C)(=O)=O)cc1. The summed E-state index contributed by atoms with van der Waals surface area (Å²) in [5.41, 5.74) is -0.368. The van der Waals surface area contributed by atoms with Crippen molar-refractivity contribution in [2.75, 3.05) is 6.26 Å². The van der Waals surface area contributed by atoms with Crippen molar-refractivity contribution in [2.45, 2.75) is 24.0 Å². The molecule has 2 aromatic rings. The highest BCUT2D eigenvalue weighted by molar-refractivity contribution is 7.90. The fourth-order valence-corrected chi connectivity index (χ4v) is 2.83. The molecule has 0 aliphatic rings. The van der Waals surface area contributed by atoms with Crippen LogP contribution in [0.15, 0.2) is 53.4 Å². The lowest BCUT2D eigenvalue weighted by Crippen LogP contribution is -2.27. The van der Waals surface area contributed by atoms with E-state index in [4.69, 9.17) is 0 Å². The second kappa shape index (κ2) is 6.87. The molecule has 1 amide bonds. The molecular weight excluding hydrogens is 355 g/mol. The number of rotatable bonds is 4. The van der Waals surface area contributed by atoms with Crippen molar-refractivity contribution in [3.63, 3.8) is 0 Å². The summed E-state index contributed by atoms with van der Waals surface area (Å²) in [5.74, 6) is -0.647. The number of carbonyl (C=O) groups is 1. The van der Waals surface area contributed by atoms with Gasteiger partial charge in [-0.3, -0.25) is 4.79 Å². The topological polar surface area (TPSA) is 63.2 Å². The van der Waals surface area contributed by atoms with Crippen LogP contribution in [0.4, 0.5) is 13.2 Å². The third kappa shape index (κ3) is 4.82. The van der Waals surface area contributed by atoms with E-state index in [2.05, 4.69) is 5.32 Å². The van der Waals surface area contributed by atoms with Crippen LogP contribution in [-0.4, -0.2) is 20.6 Å². The molecule has 134 valence electrons. The van der Waals surface area contributed by atoms with Gasteiger partial charge < -0.3 is 5.32 Å². The first-order valence-corrected chi connectivity index (χ1v) is 9.16. The Morgan fingerprint density at radius 2 is 1.68 bits per heavy atom. The lowest BCUT2D eigenvalue weighted by molar-refractivity contribution is -0.137. The number of benzene rings is 2. The average molecular weight is 371 g/mol. The van der Waals surface area contributed by atoms with Gasteiger partial charge >= 0.3 is 6.18 Å². The lowest BCUT2D eigenvalue weighted by Gasteiger charge is -2.15. The van der Waals surface area contributed by atoms with E-state index in [9.17, 15) is 26.4 Å². The Labute approximate surface area is 143 Å². The summed E-state index contributed by atoms with van der Waals surface area (Å²) in [6.07, 6.45) is -3.44. The predicted octanol–water partition coefficient (Wildman–Crippen LogP) is 3.60. The molecule has 0 fully saturated rings. The highest BCUT2D eigenvalue weighted by Crippen LogP contribution is 2.29. The number of sulfone groups is 1. The fraction of sp³-hybridized carbons (Fsp3) is 0.235. The van der Waals surface area contributed by atoms with Gasteiger partial charge in [-0.05, 0) is 42.8 Å². The highest BCUT2D eigenvalue weighted by atomic mass is 32.2. The van der Waals surface area contributed by atoms with E-state index in [1.54, 1.807) is 19.1 Å². The second-order valence-corrected chi connectivity index (χ2v) is 7.63. The number of amides is 1. The molecule has 0 saturated heterocycles. The first-order chi connectivity index (χ1) is 11.5. The molecule has 0 radical (unpaired) electrons. The minimum Gasteiger partial charge on any atom is -0.346 e. The van der Waals surface area contributed by atoms with Crippen LogP contribution in [0.2, 0.25) is 0 Å². The molecule has 0 aliphatic heterocycles. The summed E-state index contributed by atoms with van der Waals surface area (Å²) >= 11 is 0. The Kier molecular flexibility index (Phi) is 5.22. The summed E-state index contributed by atoms with van der Waals surface area (Å²) in [6.45, 7) is 1.65. The van der Waals surface area contributed by atoms with E-state index in [1.807, 2.05) is 0 Å². The zero-order chi connectivity index (χ0) is 18.8. The van der Waals surface area contributed by atoms with Gasteiger partial charge in [0.15, 0.2) is 9.84 Å². The summed E-state index contributed by atoms with van der Waals surface area (Å²) < 4.78 is 61.0. The van der Waals surface area contributed by atoms with Gasteiger partial charge in [-0.15, -0.1) is 0 Å². The van der Waals surface area contributed by atoms with Crippen molar-refractivity contribution in [1.82, 2.24) is 5.32 Å². The third-order valence-electron chi connectivity index (χ3n) is 3.61. The van der Waals surface area contributed by atoms with Gasteiger partial charge in [0.2, 0.25) is 0 Å². The molecule has 1 unspecified atom stereocenters. The molecule has 0 saturated carbocycles. The first-order valence-electron chi connectivity index (χ1n) is 7.26. The van der Waals surface area contributed by atoms with Crippen molar-refractivity contribution < 1.29 is 26.4 Å². The van der Waals surface area contributed by atoms with Crippen LogP contribution in [0.1, 0.15) is 34.5 Å². The number of halogens is 3. The zero-order valence-electron chi connectivity index (χ0n) is 13.5. The highest BCUT2D eigenvalue weighted by Gasteiger charge is 2.31. The number of alkyl halides is 3. The Morgan fingerprint density at radius 1 is 1.08 bits per heavy atom. The number of nitrogens with one attached hydrogen (secondary N) is 1. The van der Waals surface area contributed by atoms with E-state index < -0.39 is 33.5 Å². The largest absolute Gasteiger partial charge is 0.416 e. The quantitative estimate of drug-likeness (QED) is 0.893. The monoisotopic (exact) mass is 371 g/mol. The maximum atomic E-state index is 12.7. The zero-order valence-corrected chi connectivity index (χ0v) is 14.3. The standard InChI is InChI=1S/C17H16F3NO3S/c1-11(12-6-8-15(9-7-12)25(2,23)24)21-16(22)13-4-3-5-14(10-13)17(18,19)20/h3-11H,1-2H3,(H,21,22). The maximum absolute atomic E-state index is 12.7. The van der Waals surface area contributed by atoms with Gasteiger partial charge in [-0.25, -0.2) is 8.42 Å². The van der Waals surface area contributed by atoms with Crippen LogP contribution in [-0.2, 0) is 16.0 Å². The van der Waals surface area contributed by atoms with Crippen LogP contribution in [0, 0.1) is 0 Å². The summed E-state index contributed by atoms with van der Waals surface area (Å²) in [4.78, 5) is 12.3. The minimum atomic E-state index is -4.52. The molecule has 2 aromatic carbocycles. The maximum Gasteiger partial charge on any atom is 0.416 e. The normalized spacial score (nSPS) is 13.3. The lowest BCUT2D eigenvalue weighted by atomic mass is 10.1. The smallest absolute Gasteiger partial charge is 0.346 e. The number of hydrogen-bond acceptors (Lipinski definition) is 3. The molecule has 25 heavy (non-hydrogen) atoms. The first kappa shape index (κ1) is 19.0. The predicted molar refractivity (Wildman–Crippen MR) is 86.9 cm³/mol. The van der Waals surface area contributed by atoms with Crippen molar-refractivity contribution in [1.29, 1.82) is 0 Å². The summed E-state index contributed by atoms with van der Waals surface area (Å²) in [6, 6.07) is 9.57. The van der Waals surface area contributed by atoms with Gasteiger partial charge in [0, 0.05) is 11.8 Å². The van der Waals surface area contributed by atoms with E-state index in [-0.39, 0.29) is 10.5 Å². The molecule has 1 atom stereocenters. The Balaban J connectivity index is 2.15. The Bertz CT molecular complexity index is 875. The van der Waals surface area contributed by atoms with Gasteiger partial charge in [0.05, 0.1) is 16.5 Å². The molecule has 0 aromatic heterocycles. The number of hydrogen-bond donors (Lipinski definition) is 1. The van der Waals surface area contributed by atoms with Gasteiger partial charge in [0.1, 0.15) is 0 Å². The van der Waals surface area contributed by atoms with Crippen LogP contribution >= 0.6 is 0 Å². The van der Waals surface area contributed by atoms with Gasteiger partial charge in [-0.1, -0.05) is 18.2 Å². The molecule has 0 aliphatic carbocycles.